The predicted octanol–water partition coefficient (Wildman–Crippen LogP) is 3.14. The minimum absolute atomic E-state index is 0.147. The summed E-state index contributed by atoms with van der Waals surface area (Å²) >= 11 is 0. The summed E-state index contributed by atoms with van der Waals surface area (Å²) in [5.74, 6) is 0.689. The van der Waals surface area contributed by atoms with E-state index < -0.39 is 6.10 Å². The maximum atomic E-state index is 10.8. The molecule has 4 nitrogen and oxygen atoms in total. The lowest BCUT2D eigenvalue weighted by Gasteiger charge is -2.28. The fourth-order valence-electron chi connectivity index (χ4n) is 2.63. The zero-order valence-corrected chi connectivity index (χ0v) is 12.0. The molecule has 3 rings (SSSR count). The molecule has 22 heavy (non-hydrogen) atoms. The minimum atomic E-state index is -0.819. The highest BCUT2D eigenvalue weighted by atomic mass is 16.5. The Balaban J connectivity index is 1.94. The van der Waals surface area contributed by atoms with Gasteiger partial charge < -0.3 is 14.9 Å². The number of dihydropyridines is 1. The average Bonchev–Trinajstić information content (AvgIpc) is 2.56. The number of ether oxygens (including phenoxy) is 1. The van der Waals surface area contributed by atoms with Gasteiger partial charge in [-0.2, -0.15) is 0 Å². The van der Waals surface area contributed by atoms with Gasteiger partial charge in [0.15, 0.2) is 0 Å². The van der Waals surface area contributed by atoms with Crippen molar-refractivity contribution >= 4 is 11.8 Å². The van der Waals surface area contributed by atoms with Gasteiger partial charge in [0.25, 0.3) is 0 Å². The van der Waals surface area contributed by atoms with Crippen molar-refractivity contribution in [3.05, 3.63) is 78.0 Å². The van der Waals surface area contributed by atoms with E-state index in [1.165, 1.54) is 12.5 Å². The van der Waals surface area contributed by atoms with Crippen LogP contribution in [0.3, 0.4) is 0 Å². The highest BCUT2D eigenvalue weighted by Crippen LogP contribution is 2.35. The van der Waals surface area contributed by atoms with Gasteiger partial charge in [-0.25, -0.2) is 0 Å². The summed E-state index contributed by atoms with van der Waals surface area (Å²) in [6.07, 6.45) is 5.91. The molecular weight excluding hydrogens is 278 g/mol. The predicted molar refractivity (Wildman–Crippen MR) is 86.3 cm³/mol. The Bertz CT molecular complexity index is 698. The van der Waals surface area contributed by atoms with Gasteiger partial charge in [-0.15, -0.1) is 0 Å². The van der Waals surface area contributed by atoms with Crippen molar-refractivity contribution in [3.8, 4) is 0 Å². The molecule has 112 valence electrons. The van der Waals surface area contributed by atoms with Gasteiger partial charge in [-0.1, -0.05) is 36.9 Å². The number of aliphatic hydroxyl groups is 2. The average molecular weight is 295 g/mol. The molecule has 2 N–H and O–H groups in total. The monoisotopic (exact) mass is 295 g/mol. The normalized spacial score (nSPS) is 24.4. The third-order valence-electron chi connectivity index (χ3n) is 3.77. The van der Waals surface area contributed by atoms with Gasteiger partial charge in [0, 0.05) is 11.1 Å². The lowest BCUT2D eigenvalue weighted by molar-refractivity contribution is 0.230. The summed E-state index contributed by atoms with van der Waals surface area (Å²) in [4.78, 5) is 4.26. The number of nitrogens with zero attached hydrogens (tertiary/aromatic N) is 1. The molecule has 1 aromatic rings. The van der Waals surface area contributed by atoms with Crippen molar-refractivity contribution in [2.75, 3.05) is 0 Å². The summed E-state index contributed by atoms with van der Waals surface area (Å²) in [5, 5.41) is 20.2. The van der Waals surface area contributed by atoms with Crippen molar-refractivity contribution in [2.24, 2.45) is 4.99 Å². The first-order chi connectivity index (χ1) is 10.7. The summed E-state index contributed by atoms with van der Waals surface area (Å²) in [7, 11) is 0. The van der Waals surface area contributed by atoms with Crippen LogP contribution in [0.1, 0.15) is 12.0 Å². The Morgan fingerprint density at radius 3 is 2.68 bits per heavy atom. The fourth-order valence-corrected chi connectivity index (χ4v) is 2.63. The lowest BCUT2D eigenvalue weighted by Crippen LogP contribution is -2.27. The zero-order chi connectivity index (χ0) is 15.5. The van der Waals surface area contributed by atoms with Gasteiger partial charge in [0.2, 0.25) is 0 Å². The SMILES string of the molecule is C=CC1=C(c2ccccc2)C(O)C(C2CC=C(O)C=N2)=CO1. The third kappa shape index (κ3) is 2.61. The number of benzene rings is 1. The van der Waals surface area contributed by atoms with E-state index in [1.54, 1.807) is 12.2 Å². The van der Waals surface area contributed by atoms with Crippen LogP contribution in [0.25, 0.3) is 5.57 Å². The van der Waals surface area contributed by atoms with E-state index in [9.17, 15) is 10.2 Å². The molecule has 0 fully saturated rings. The van der Waals surface area contributed by atoms with Gasteiger partial charge in [-0.05, 0) is 24.1 Å². The van der Waals surface area contributed by atoms with E-state index >= 15 is 0 Å². The number of allylic oxidation sites excluding steroid dienone is 2. The first-order valence-corrected chi connectivity index (χ1v) is 7.09. The molecule has 2 unspecified atom stereocenters. The standard InChI is InChI=1S/C18H17NO3/c1-2-16-17(12-6-4-3-5-7-12)18(21)14(11-22-16)15-9-8-13(20)10-19-15/h2-8,10-11,15,18,20-21H,1,9H2. The molecule has 0 saturated heterocycles. The second-order valence-corrected chi connectivity index (χ2v) is 5.14. The lowest BCUT2D eigenvalue weighted by atomic mass is 9.88. The smallest absolute Gasteiger partial charge is 0.132 e. The highest BCUT2D eigenvalue weighted by molar-refractivity contribution is 5.78. The fraction of sp³-hybridized carbons (Fsp3) is 0.167. The number of aliphatic imine (C=N–C) groups is 1. The largest absolute Gasteiger partial charge is 0.507 e. The topological polar surface area (TPSA) is 62.0 Å². The van der Waals surface area contributed by atoms with Crippen LogP contribution in [-0.2, 0) is 4.74 Å². The van der Waals surface area contributed by atoms with Crippen LogP contribution in [-0.4, -0.2) is 28.6 Å². The Kier molecular flexibility index (Phi) is 3.94. The number of hydrogen-bond acceptors (Lipinski definition) is 4. The van der Waals surface area contributed by atoms with Crippen LogP contribution in [0.4, 0.5) is 0 Å². The van der Waals surface area contributed by atoms with Crippen LogP contribution < -0.4 is 0 Å². The minimum Gasteiger partial charge on any atom is -0.507 e. The van der Waals surface area contributed by atoms with E-state index in [4.69, 9.17) is 4.74 Å². The Morgan fingerprint density at radius 1 is 1.27 bits per heavy atom. The molecule has 0 saturated carbocycles. The molecule has 0 bridgehead atoms. The second-order valence-electron chi connectivity index (χ2n) is 5.14. The van der Waals surface area contributed by atoms with Crippen LogP contribution in [0.15, 0.2) is 77.4 Å². The molecular formula is C18H17NO3. The number of aliphatic hydroxyl groups excluding tert-OH is 2. The Morgan fingerprint density at radius 2 is 2.05 bits per heavy atom. The molecule has 2 heterocycles. The number of hydrogen-bond donors (Lipinski definition) is 2. The molecule has 2 aliphatic heterocycles. The maximum absolute atomic E-state index is 10.8. The highest BCUT2D eigenvalue weighted by Gasteiger charge is 2.30. The van der Waals surface area contributed by atoms with E-state index in [0.717, 1.165) is 5.56 Å². The van der Waals surface area contributed by atoms with E-state index in [-0.39, 0.29) is 11.8 Å². The molecule has 0 radical (unpaired) electrons. The van der Waals surface area contributed by atoms with Crippen molar-refractivity contribution in [2.45, 2.75) is 18.6 Å². The molecule has 1 aromatic carbocycles. The zero-order valence-electron chi connectivity index (χ0n) is 12.0. The maximum Gasteiger partial charge on any atom is 0.132 e. The number of rotatable bonds is 3. The van der Waals surface area contributed by atoms with Gasteiger partial charge in [0.1, 0.15) is 17.6 Å². The first-order valence-electron chi connectivity index (χ1n) is 7.09. The Labute approximate surface area is 129 Å². The van der Waals surface area contributed by atoms with E-state index in [2.05, 4.69) is 11.6 Å². The summed E-state index contributed by atoms with van der Waals surface area (Å²) < 4.78 is 5.64. The third-order valence-corrected chi connectivity index (χ3v) is 3.77. The molecule has 2 atom stereocenters. The van der Waals surface area contributed by atoms with Crippen molar-refractivity contribution in [1.29, 1.82) is 0 Å². The van der Waals surface area contributed by atoms with Crippen molar-refractivity contribution in [1.82, 2.24) is 0 Å². The summed E-state index contributed by atoms with van der Waals surface area (Å²) in [6.45, 7) is 3.75. The Hall–Kier alpha value is -2.59. The molecule has 0 aliphatic carbocycles. The van der Waals surface area contributed by atoms with Gasteiger partial charge in [0.05, 0.1) is 18.5 Å². The molecule has 0 aromatic heterocycles. The van der Waals surface area contributed by atoms with Crippen molar-refractivity contribution < 1.29 is 14.9 Å². The molecule has 0 spiro atoms. The molecule has 4 heteroatoms. The van der Waals surface area contributed by atoms with Crippen LogP contribution >= 0.6 is 0 Å². The summed E-state index contributed by atoms with van der Waals surface area (Å²) in [6, 6.07) is 9.34. The van der Waals surface area contributed by atoms with Gasteiger partial charge >= 0.3 is 0 Å². The molecule has 0 amide bonds. The quantitative estimate of drug-likeness (QED) is 0.900. The van der Waals surface area contributed by atoms with Crippen molar-refractivity contribution in [3.63, 3.8) is 0 Å². The van der Waals surface area contributed by atoms with Crippen LogP contribution in [0.5, 0.6) is 0 Å². The molecule has 2 aliphatic rings. The van der Waals surface area contributed by atoms with Crippen LogP contribution in [0.2, 0.25) is 0 Å². The second kappa shape index (κ2) is 6.03. The van der Waals surface area contributed by atoms with Gasteiger partial charge in [-0.3, -0.25) is 4.99 Å². The van der Waals surface area contributed by atoms with E-state index in [1.807, 2.05) is 30.3 Å². The summed E-state index contributed by atoms with van der Waals surface area (Å²) in [5.41, 5.74) is 2.24. The first kappa shape index (κ1) is 14.4. The van der Waals surface area contributed by atoms with Crippen LogP contribution in [0, 0.1) is 0 Å². The van der Waals surface area contributed by atoms with E-state index in [0.29, 0.717) is 23.3 Å².